The first-order chi connectivity index (χ1) is 15.8. The predicted octanol–water partition coefficient (Wildman–Crippen LogP) is 6.21. The number of halogens is 3. The molecular weight excluding hydrogens is 447 g/mol. The first-order valence-electron chi connectivity index (χ1n) is 10.6. The van der Waals surface area contributed by atoms with Crippen molar-refractivity contribution in [2.45, 2.75) is 45.8 Å². The van der Waals surface area contributed by atoms with E-state index in [1.54, 1.807) is 20.8 Å². The molecule has 0 bridgehead atoms. The number of nitrogens with zero attached hydrogens (tertiary/aromatic N) is 2. The van der Waals surface area contributed by atoms with Gasteiger partial charge in [0.25, 0.3) is 0 Å². The number of allylic oxidation sites excluding steroid dienone is 1. The Kier molecular flexibility index (Phi) is 6.73. The van der Waals surface area contributed by atoms with Gasteiger partial charge in [0.15, 0.2) is 5.78 Å². The van der Waals surface area contributed by atoms with Gasteiger partial charge in [0.2, 0.25) is 0 Å². The highest BCUT2D eigenvalue weighted by atomic mass is 19.4. The molecule has 1 aliphatic rings. The normalized spacial score (nSPS) is 15.1. The Morgan fingerprint density at radius 1 is 1.12 bits per heavy atom. The molecule has 0 aromatic heterocycles. The van der Waals surface area contributed by atoms with Crippen molar-refractivity contribution in [2.24, 2.45) is 5.41 Å². The molecule has 9 heteroatoms. The smallest absolute Gasteiger partial charge is 0.416 e. The van der Waals surface area contributed by atoms with Gasteiger partial charge in [0, 0.05) is 29.1 Å². The lowest BCUT2D eigenvalue weighted by Gasteiger charge is -2.39. The Balaban J connectivity index is 2.12. The van der Waals surface area contributed by atoms with Crippen molar-refractivity contribution >= 4 is 23.3 Å². The van der Waals surface area contributed by atoms with Crippen LogP contribution in [-0.2, 0) is 11.0 Å². The molecule has 2 N–H and O–H groups in total. The minimum absolute atomic E-state index is 0.115. The van der Waals surface area contributed by atoms with E-state index in [0.29, 0.717) is 11.3 Å². The fourth-order valence-electron chi connectivity index (χ4n) is 4.09. The third-order valence-corrected chi connectivity index (χ3v) is 5.55. The number of hydrogen-bond acceptors (Lipinski definition) is 4. The second kappa shape index (κ2) is 9.21. The van der Waals surface area contributed by atoms with Crippen LogP contribution in [0.2, 0.25) is 0 Å². The largest absolute Gasteiger partial charge is 0.465 e. The molecule has 0 saturated carbocycles. The van der Waals surface area contributed by atoms with E-state index in [4.69, 9.17) is 5.26 Å². The summed E-state index contributed by atoms with van der Waals surface area (Å²) in [6.45, 7) is 5.37. The molecule has 3 rings (SSSR count). The van der Waals surface area contributed by atoms with Gasteiger partial charge in [-0.15, -0.1) is 0 Å². The number of Topliss-reactive ketones (excluding diaryl/α,β-unsaturated/α-hetero) is 1. The van der Waals surface area contributed by atoms with Gasteiger partial charge in [-0.05, 0) is 54.3 Å². The standard InChI is InChI=1S/C25H24F3N3O3/c1-24(2,3)22(31(23(33)34)18-9-7-15(14-29)8-10-18)21-19(11-12-20(21)32)30-17-6-4-5-16(13-17)25(26,27)28/h4-10,13,22,30H,11-12H2,1-3H3,(H,33,34). The van der Waals surface area contributed by atoms with Crippen LogP contribution in [0.15, 0.2) is 59.8 Å². The van der Waals surface area contributed by atoms with Gasteiger partial charge in [-0.3, -0.25) is 9.69 Å². The van der Waals surface area contributed by atoms with Gasteiger partial charge < -0.3 is 10.4 Å². The van der Waals surface area contributed by atoms with Crippen LogP contribution >= 0.6 is 0 Å². The number of nitrogens with one attached hydrogen (secondary N) is 1. The van der Waals surface area contributed by atoms with Crippen LogP contribution in [0.3, 0.4) is 0 Å². The summed E-state index contributed by atoms with van der Waals surface area (Å²) in [7, 11) is 0. The summed E-state index contributed by atoms with van der Waals surface area (Å²) >= 11 is 0. The molecular formula is C25H24F3N3O3. The summed E-state index contributed by atoms with van der Waals surface area (Å²) in [6, 6.07) is 11.6. The third-order valence-electron chi connectivity index (χ3n) is 5.55. The van der Waals surface area contributed by atoms with E-state index in [0.717, 1.165) is 17.0 Å². The summed E-state index contributed by atoms with van der Waals surface area (Å²) in [5.74, 6) is -0.269. The Labute approximate surface area is 195 Å². The highest BCUT2D eigenvalue weighted by molar-refractivity contribution is 6.03. The maximum Gasteiger partial charge on any atom is 0.416 e. The molecule has 0 fully saturated rings. The number of amides is 1. The SMILES string of the molecule is CC(C)(C)C(C1=C(Nc2cccc(C(F)(F)F)c2)CCC1=O)N(C(=O)O)c1ccc(C#N)cc1. The van der Waals surface area contributed by atoms with Crippen LogP contribution in [0, 0.1) is 16.7 Å². The number of carboxylic acid groups (broad SMARTS) is 1. The van der Waals surface area contributed by atoms with Crippen molar-refractivity contribution in [3.8, 4) is 6.07 Å². The van der Waals surface area contributed by atoms with Crippen molar-refractivity contribution < 1.29 is 27.9 Å². The number of nitriles is 1. The third kappa shape index (κ3) is 5.22. The summed E-state index contributed by atoms with van der Waals surface area (Å²) in [5.41, 5.74) is -0.184. The highest BCUT2D eigenvalue weighted by Gasteiger charge is 2.43. The number of benzene rings is 2. The van der Waals surface area contributed by atoms with Gasteiger partial charge in [-0.2, -0.15) is 18.4 Å². The lowest BCUT2D eigenvalue weighted by atomic mass is 9.79. The van der Waals surface area contributed by atoms with Gasteiger partial charge in [0.05, 0.1) is 23.2 Å². The van der Waals surface area contributed by atoms with Crippen LogP contribution in [0.1, 0.15) is 44.7 Å². The summed E-state index contributed by atoms with van der Waals surface area (Å²) in [4.78, 5) is 26.5. The predicted molar refractivity (Wildman–Crippen MR) is 121 cm³/mol. The topological polar surface area (TPSA) is 93.4 Å². The molecule has 2 aromatic rings. The van der Waals surface area contributed by atoms with E-state index in [-0.39, 0.29) is 35.6 Å². The van der Waals surface area contributed by atoms with E-state index in [9.17, 15) is 27.9 Å². The molecule has 1 aliphatic carbocycles. The number of ketones is 1. The zero-order chi connectivity index (χ0) is 25.3. The quantitative estimate of drug-likeness (QED) is 0.541. The molecule has 34 heavy (non-hydrogen) atoms. The Hall–Kier alpha value is -3.80. The molecule has 0 heterocycles. The van der Waals surface area contributed by atoms with Gasteiger partial charge in [0.1, 0.15) is 0 Å². The lowest BCUT2D eigenvalue weighted by Crippen LogP contribution is -2.50. The molecule has 1 atom stereocenters. The number of rotatable bonds is 5. The number of carbonyl (C=O) groups excluding carboxylic acids is 1. The molecule has 1 unspecified atom stereocenters. The van der Waals surface area contributed by atoms with E-state index >= 15 is 0 Å². The molecule has 0 spiro atoms. The molecule has 2 aromatic carbocycles. The maximum absolute atomic E-state index is 13.2. The van der Waals surface area contributed by atoms with Crippen LogP contribution in [0.25, 0.3) is 0 Å². The molecule has 0 radical (unpaired) electrons. The van der Waals surface area contributed by atoms with Crippen molar-refractivity contribution in [1.29, 1.82) is 5.26 Å². The van der Waals surface area contributed by atoms with E-state index in [1.807, 2.05) is 6.07 Å². The Morgan fingerprint density at radius 3 is 2.29 bits per heavy atom. The monoisotopic (exact) mass is 471 g/mol. The average Bonchev–Trinajstić information content (AvgIpc) is 3.10. The zero-order valence-electron chi connectivity index (χ0n) is 18.9. The van der Waals surface area contributed by atoms with Crippen LogP contribution < -0.4 is 10.2 Å². The second-order valence-corrected chi connectivity index (χ2v) is 9.10. The minimum atomic E-state index is -4.52. The lowest BCUT2D eigenvalue weighted by molar-refractivity contribution is -0.137. The highest BCUT2D eigenvalue weighted by Crippen LogP contribution is 2.40. The zero-order valence-corrected chi connectivity index (χ0v) is 18.9. The van der Waals surface area contributed by atoms with E-state index in [1.165, 1.54) is 36.4 Å². The first-order valence-corrected chi connectivity index (χ1v) is 10.6. The summed E-state index contributed by atoms with van der Waals surface area (Å²) in [5, 5.41) is 22.1. The molecule has 178 valence electrons. The minimum Gasteiger partial charge on any atom is -0.465 e. The van der Waals surface area contributed by atoms with Gasteiger partial charge in [-0.1, -0.05) is 26.8 Å². The van der Waals surface area contributed by atoms with Crippen molar-refractivity contribution in [2.75, 3.05) is 10.2 Å². The fourth-order valence-corrected chi connectivity index (χ4v) is 4.09. The number of alkyl halides is 3. The van der Waals surface area contributed by atoms with Crippen LogP contribution in [0.4, 0.5) is 29.3 Å². The van der Waals surface area contributed by atoms with Crippen molar-refractivity contribution in [3.63, 3.8) is 0 Å². The molecule has 0 aliphatic heterocycles. The van der Waals surface area contributed by atoms with Crippen LogP contribution in [-0.4, -0.2) is 23.0 Å². The maximum atomic E-state index is 13.2. The first kappa shape index (κ1) is 24.8. The summed E-state index contributed by atoms with van der Waals surface area (Å²) < 4.78 is 39.5. The molecule has 0 saturated heterocycles. The van der Waals surface area contributed by atoms with Gasteiger partial charge in [-0.25, -0.2) is 4.79 Å². The van der Waals surface area contributed by atoms with E-state index < -0.39 is 29.3 Å². The average molecular weight is 471 g/mol. The molecule has 1 amide bonds. The summed E-state index contributed by atoms with van der Waals surface area (Å²) in [6.07, 6.45) is -5.46. The number of carbonyl (C=O) groups is 2. The number of anilines is 2. The van der Waals surface area contributed by atoms with Crippen molar-refractivity contribution in [1.82, 2.24) is 0 Å². The Bertz CT molecular complexity index is 1170. The van der Waals surface area contributed by atoms with E-state index in [2.05, 4.69) is 5.32 Å². The molecule has 6 nitrogen and oxygen atoms in total. The second-order valence-electron chi connectivity index (χ2n) is 9.10. The Morgan fingerprint density at radius 2 is 1.76 bits per heavy atom. The van der Waals surface area contributed by atoms with Gasteiger partial charge >= 0.3 is 12.3 Å². The number of hydrogen-bond donors (Lipinski definition) is 2. The van der Waals surface area contributed by atoms with Crippen molar-refractivity contribution in [3.05, 3.63) is 70.9 Å². The van der Waals surface area contributed by atoms with Crippen LogP contribution in [0.5, 0.6) is 0 Å². The fraction of sp³-hybridized carbons (Fsp3) is 0.320.